The fourth-order valence-corrected chi connectivity index (χ4v) is 6.52. The fourth-order valence-electron chi connectivity index (χ4n) is 6.52. The molecule has 3 aliphatic heterocycles. The number of hydrogen-bond donors (Lipinski definition) is 2. The number of aromatic nitrogens is 1. The Morgan fingerprint density at radius 3 is 2.67 bits per heavy atom. The van der Waals surface area contributed by atoms with Crippen LogP contribution in [0.3, 0.4) is 0 Å². The largest absolute Gasteiger partial charge is 0.418 e. The minimum atomic E-state index is -4.57. The van der Waals surface area contributed by atoms with Crippen molar-refractivity contribution < 1.29 is 27.9 Å². The van der Waals surface area contributed by atoms with Crippen molar-refractivity contribution in [3.63, 3.8) is 0 Å². The van der Waals surface area contributed by atoms with Crippen LogP contribution in [0, 0.1) is 5.41 Å². The molecule has 0 radical (unpaired) electrons. The smallest absolute Gasteiger partial charge is 0.393 e. The fraction of sp³-hybridized carbons (Fsp3) is 0.720. The van der Waals surface area contributed by atoms with Crippen LogP contribution in [-0.4, -0.2) is 88.1 Å². The van der Waals surface area contributed by atoms with Gasteiger partial charge in [0.15, 0.2) is 0 Å². The summed E-state index contributed by atoms with van der Waals surface area (Å²) in [6.45, 7) is 2.36. The number of aliphatic hydroxyl groups excluding tert-OH is 1. The highest BCUT2D eigenvalue weighted by Gasteiger charge is 2.52. The number of aliphatic hydroxyl groups is 1. The van der Waals surface area contributed by atoms with E-state index in [1.165, 1.54) is 17.2 Å². The predicted octanol–water partition coefficient (Wildman–Crippen LogP) is 2.78. The first-order chi connectivity index (χ1) is 17.2. The molecule has 8 nitrogen and oxygen atoms in total. The molecule has 198 valence electrons. The lowest BCUT2D eigenvalue weighted by molar-refractivity contribution is -0.141. The average Bonchev–Trinajstić information content (AvgIpc) is 3.18. The van der Waals surface area contributed by atoms with E-state index in [1.54, 1.807) is 4.90 Å². The van der Waals surface area contributed by atoms with Gasteiger partial charge in [-0.05, 0) is 57.1 Å². The molecule has 1 spiro atoms. The SMILES string of the molecule is O=C(N1CCCC2(CCN(C3CCC(O)CC3)C2=O)C1)N1CCNCC1c1ncccc1C(F)(F)F. The number of hydrogen-bond acceptors (Lipinski definition) is 5. The van der Waals surface area contributed by atoms with Crippen LogP contribution in [0.1, 0.15) is 62.2 Å². The standard InChI is InChI=1S/C25H34F3N5O3/c26-25(27,28)19-3-1-10-30-21(19)20-15-29-11-14-33(20)23(36)31-12-2-8-24(16-31)9-13-32(22(24)35)17-4-6-18(34)7-5-17/h1,3,10,17-18,20,29,34H,2,4-9,11-16H2. The Labute approximate surface area is 208 Å². The topological polar surface area (TPSA) is 89.0 Å². The van der Waals surface area contributed by atoms with Gasteiger partial charge in [-0.25, -0.2) is 4.79 Å². The van der Waals surface area contributed by atoms with Gasteiger partial charge in [-0.3, -0.25) is 9.78 Å². The Morgan fingerprint density at radius 1 is 1.14 bits per heavy atom. The second kappa shape index (κ2) is 9.81. The van der Waals surface area contributed by atoms with Gasteiger partial charge in [0.05, 0.1) is 28.8 Å². The van der Waals surface area contributed by atoms with E-state index in [1.807, 2.05) is 4.90 Å². The number of alkyl halides is 3. The van der Waals surface area contributed by atoms with Gasteiger partial charge in [0, 0.05) is 51.5 Å². The molecule has 5 rings (SSSR count). The summed E-state index contributed by atoms with van der Waals surface area (Å²) in [5.41, 5.74) is -1.61. The van der Waals surface area contributed by atoms with Crippen molar-refractivity contribution in [2.75, 3.05) is 39.3 Å². The zero-order chi connectivity index (χ0) is 25.5. The number of likely N-dealkylation sites (tertiary alicyclic amines) is 2. The number of piperidine rings is 1. The normalized spacial score (nSPS) is 31.8. The van der Waals surface area contributed by atoms with E-state index >= 15 is 0 Å². The van der Waals surface area contributed by atoms with Gasteiger partial charge in [0.25, 0.3) is 0 Å². The molecule has 3 amide bonds. The molecule has 2 unspecified atom stereocenters. The van der Waals surface area contributed by atoms with Crippen LogP contribution in [0.15, 0.2) is 18.3 Å². The molecule has 4 aliphatic rings. The lowest BCUT2D eigenvalue weighted by atomic mass is 9.78. The van der Waals surface area contributed by atoms with Gasteiger partial charge < -0.3 is 25.1 Å². The molecule has 36 heavy (non-hydrogen) atoms. The summed E-state index contributed by atoms with van der Waals surface area (Å²) in [4.78, 5) is 36.5. The van der Waals surface area contributed by atoms with Crippen molar-refractivity contribution in [2.24, 2.45) is 5.41 Å². The molecule has 1 aliphatic carbocycles. The van der Waals surface area contributed by atoms with Crippen molar-refractivity contribution in [1.82, 2.24) is 25.0 Å². The van der Waals surface area contributed by atoms with Crippen molar-refractivity contribution >= 4 is 11.9 Å². The third-order valence-electron chi connectivity index (χ3n) is 8.45. The molecule has 0 aromatic carbocycles. The maximum absolute atomic E-state index is 13.7. The first kappa shape index (κ1) is 25.3. The van der Waals surface area contributed by atoms with E-state index in [2.05, 4.69) is 10.3 Å². The Hall–Kier alpha value is -2.40. The summed E-state index contributed by atoms with van der Waals surface area (Å²) in [5, 5.41) is 12.9. The average molecular weight is 510 g/mol. The number of rotatable bonds is 2. The highest BCUT2D eigenvalue weighted by Crippen LogP contribution is 2.43. The highest BCUT2D eigenvalue weighted by atomic mass is 19.4. The van der Waals surface area contributed by atoms with Gasteiger partial charge in [-0.1, -0.05) is 0 Å². The van der Waals surface area contributed by atoms with Crippen LogP contribution >= 0.6 is 0 Å². The molecule has 4 heterocycles. The second-order valence-corrected chi connectivity index (χ2v) is 10.6. The van der Waals surface area contributed by atoms with Crippen molar-refractivity contribution in [2.45, 2.75) is 69.3 Å². The molecule has 11 heteroatoms. The van der Waals surface area contributed by atoms with E-state index in [0.717, 1.165) is 18.9 Å². The van der Waals surface area contributed by atoms with Crippen molar-refractivity contribution in [1.29, 1.82) is 0 Å². The van der Waals surface area contributed by atoms with Gasteiger partial charge in [0.1, 0.15) is 0 Å². The number of amides is 3. The summed E-state index contributed by atoms with van der Waals surface area (Å²) < 4.78 is 41.1. The Kier molecular flexibility index (Phi) is 6.88. The van der Waals surface area contributed by atoms with Crippen LogP contribution in [0.5, 0.6) is 0 Å². The first-order valence-electron chi connectivity index (χ1n) is 13.0. The van der Waals surface area contributed by atoms with E-state index in [9.17, 15) is 27.9 Å². The lowest BCUT2D eigenvalue weighted by Crippen LogP contribution is -2.58. The molecule has 4 fully saturated rings. The molecular weight excluding hydrogens is 475 g/mol. The maximum atomic E-state index is 13.7. The quantitative estimate of drug-likeness (QED) is 0.640. The third-order valence-corrected chi connectivity index (χ3v) is 8.45. The maximum Gasteiger partial charge on any atom is 0.418 e. The first-order valence-corrected chi connectivity index (χ1v) is 13.0. The van der Waals surface area contributed by atoms with Gasteiger partial charge in [0.2, 0.25) is 5.91 Å². The molecule has 0 bridgehead atoms. The monoisotopic (exact) mass is 509 g/mol. The van der Waals surface area contributed by atoms with Crippen molar-refractivity contribution in [3.8, 4) is 0 Å². The molecular formula is C25H34F3N5O3. The van der Waals surface area contributed by atoms with Crippen LogP contribution in [-0.2, 0) is 11.0 Å². The van der Waals surface area contributed by atoms with Gasteiger partial charge in [-0.2, -0.15) is 13.2 Å². The number of pyridine rings is 1. The number of nitrogens with one attached hydrogen (secondary N) is 1. The third kappa shape index (κ3) is 4.67. The minimum Gasteiger partial charge on any atom is -0.393 e. The molecule has 1 aromatic heterocycles. The van der Waals surface area contributed by atoms with Crippen LogP contribution in [0.2, 0.25) is 0 Å². The molecule has 1 aromatic rings. The molecule has 2 atom stereocenters. The van der Waals surface area contributed by atoms with E-state index in [-0.39, 0.29) is 42.9 Å². The number of halogens is 3. The van der Waals surface area contributed by atoms with E-state index < -0.39 is 23.2 Å². The van der Waals surface area contributed by atoms with Crippen LogP contribution in [0.4, 0.5) is 18.0 Å². The number of urea groups is 1. The van der Waals surface area contributed by atoms with Crippen LogP contribution < -0.4 is 5.32 Å². The van der Waals surface area contributed by atoms with Crippen molar-refractivity contribution in [3.05, 3.63) is 29.6 Å². The number of piperazine rings is 1. The lowest BCUT2D eigenvalue weighted by Gasteiger charge is -2.44. The number of carbonyl (C=O) groups is 2. The molecule has 3 saturated heterocycles. The van der Waals surface area contributed by atoms with Gasteiger partial charge >= 0.3 is 12.2 Å². The van der Waals surface area contributed by atoms with Crippen LogP contribution in [0.25, 0.3) is 0 Å². The zero-order valence-electron chi connectivity index (χ0n) is 20.3. The second-order valence-electron chi connectivity index (χ2n) is 10.6. The van der Waals surface area contributed by atoms with E-state index in [0.29, 0.717) is 58.3 Å². The number of nitrogens with zero attached hydrogens (tertiary/aromatic N) is 4. The Morgan fingerprint density at radius 2 is 1.92 bits per heavy atom. The Bertz CT molecular complexity index is 984. The summed E-state index contributed by atoms with van der Waals surface area (Å²) in [7, 11) is 0. The summed E-state index contributed by atoms with van der Waals surface area (Å²) >= 11 is 0. The number of carbonyl (C=O) groups excluding carboxylic acids is 2. The highest BCUT2D eigenvalue weighted by molar-refractivity contribution is 5.86. The molecule has 1 saturated carbocycles. The Balaban J connectivity index is 1.33. The summed E-state index contributed by atoms with van der Waals surface area (Å²) in [6.07, 6.45) is 1.52. The van der Waals surface area contributed by atoms with E-state index in [4.69, 9.17) is 0 Å². The summed E-state index contributed by atoms with van der Waals surface area (Å²) in [5.74, 6) is 0.0855. The minimum absolute atomic E-state index is 0.0855. The molecule has 2 N–H and O–H groups in total. The zero-order valence-corrected chi connectivity index (χ0v) is 20.3. The van der Waals surface area contributed by atoms with Gasteiger partial charge in [-0.15, -0.1) is 0 Å². The predicted molar refractivity (Wildman–Crippen MR) is 125 cm³/mol. The summed E-state index contributed by atoms with van der Waals surface area (Å²) in [6, 6.07) is 1.23.